The van der Waals surface area contributed by atoms with Crippen LogP contribution in [0.4, 0.5) is 10.1 Å². The molecule has 0 bridgehead atoms. The minimum Gasteiger partial charge on any atom is -0.366 e. The van der Waals surface area contributed by atoms with Crippen molar-refractivity contribution in [1.82, 2.24) is 4.90 Å². The molecule has 0 saturated carbocycles. The van der Waals surface area contributed by atoms with Crippen molar-refractivity contribution in [1.29, 1.82) is 0 Å². The molecule has 0 aliphatic carbocycles. The fraction of sp³-hybridized carbons (Fsp3) is 0.316. The molecule has 0 unspecified atom stereocenters. The maximum Gasteiger partial charge on any atom is 0.232 e. The van der Waals surface area contributed by atoms with Crippen molar-refractivity contribution < 1.29 is 9.18 Å². The Hall–Kier alpha value is -2.01. The van der Waals surface area contributed by atoms with Gasteiger partial charge in [0.2, 0.25) is 5.91 Å². The second kappa shape index (κ2) is 8.20. The summed E-state index contributed by atoms with van der Waals surface area (Å²) in [6.45, 7) is 2.66. The third-order valence-corrected chi connectivity index (χ3v) is 5.15. The zero-order valence-corrected chi connectivity index (χ0v) is 14.3. The van der Waals surface area contributed by atoms with Crippen LogP contribution in [0.25, 0.3) is 0 Å². The van der Waals surface area contributed by atoms with Crippen molar-refractivity contribution in [2.45, 2.75) is 5.75 Å². The molecule has 1 saturated heterocycles. The highest BCUT2D eigenvalue weighted by Gasteiger charge is 2.22. The van der Waals surface area contributed by atoms with Gasteiger partial charge in [0.15, 0.2) is 0 Å². The van der Waals surface area contributed by atoms with E-state index in [0.29, 0.717) is 37.6 Å². The number of halogens is 1. The SMILES string of the molecule is O=C(CSCc1ccccc1)N1CCN(c2ccccc2F)CC1. The number of anilines is 1. The largest absolute Gasteiger partial charge is 0.366 e. The summed E-state index contributed by atoms with van der Waals surface area (Å²) in [5.74, 6) is 1.32. The molecule has 1 aliphatic heterocycles. The number of rotatable bonds is 5. The zero-order chi connectivity index (χ0) is 16.8. The second-order valence-electron chi connectivity index (χ2n) is 5.80. The molecule has 0 radical (unpaired) electrons. The summed E-state index contributed by atoms with van der Waals surface area (Å²) < 4.78 is 13.8. The average Bonchev–Trinajstić information content (AvgIpc) is 2.63. The Labute approximate surface area is 146 Å². The number of hydrogen-bond donors (Lipinski definition) is 0. The lowest BCUT2D eigenvalue weighted by Crippen LogP contribution is -2.49. The van der Waals surface area contributed by atoms with Gasteiger partial charge in [0.05, 0.1) is 11.4 Å². The van der Waals surface area contributed by atoms with Crippen molar-refractivity contribution in [3.05, 3.63) is 66.0 Å². The van der Waals surface area contributed by atoms with Crippen LogP contribution in [0.15, 0.2) is 54.6 Å². The Morgan fingerprint density at radius 2 is 1.62 bits per heavy atom. The molecule has 3 nitrogen and oxygen atoms in total. The topological polar surface area (TPSA) is 23.6 Å². The lowest BCUT2D eigenvalue weighted by atomic mass is 10.2. The van der Waals surface area contributed by atoms with E-state index >= 15 is 0 Å². The van der Waals surface area contributed by atoms with Crippen LogP contribution < -0.4 is 4.90 Å². The summed E-state index contributed by atoms with van der Waals surface area (Å²) in [5.41, 5.74) is 1.86. The Kier molecular flexibility index (Phi) is 5.75. The third kappa shape index (κ3) is 4.29. The highest BCUT2D eigenvalue weighted by atomic mass is 32.2. The highest BCUT2D eigenvalue weighted by molar-refractivity contribution is 7.99. The minimum absolute atomic E-state index is 0.170. The maximum atomic E-state index is 13.8. The van der Waals surface area contributed by atoms with Gasteiger partial charge in [0.1, 0.15) is 5.82 Å². The Balaban J connectivity index is 1.44. The van der Waals surface area contributed by atoms with E-state index in [0.717, 1.165) is 5.75 Å². The predicted octanol–water partition coefficient (Wildman–Crippen LogP) is 3.41. The average molecular weight is 344 g/mol. The van der Waals surface area contributed by atoms with E-state index in [-0.39, 0.29) is 11.7 Å². The summed E-state index contributed by atoms with van der Waals surface area (Å²) in [6.07, 6.45) is 0. The Morgan fingerprint density at radius 3 is 2.33 bits per heavy atom. The van der Waals surface area contributed by atoms with Gasteiger partial charge in [-0.15, -0.1) is 11.8 Å². The quantitative estimate of drug-likeness (QED) is 0.830. The van der Waals surface area contributed by atoms with E-state index in [1.54, 1.807) is 23.9 Å². The van der Waals surface area contributed by atoms with Crippen molar-refractivity contribution in [3.63, 3.8) is 0 Å². The van der Waals surface area contributed by atoms with Gasteiger partial charge in [-0.05, 0) is 17.7 Å². The van der Waals surface area contributed by atoms with Crippen molar-refractivity contribution >= 4 is 23.4 Å². The molecule has 1 amide bonds. The number of benzene rings is 2. The maximum absolute atomic E-state index is 13.8. The molecule has 24 heavy (non-hydrogen) atoms. The number of amides is 1. The Bertz CT molecular complexity index is 672. The molecule has 1 fully saturated rings. The fourth-order valence-corrected chi connectivity index (χ4v) is 3.71. The molecule has 1 heterocycles. The molecule has 0 spiro atoms. The van der Waals surface area contributed by atoms with Gasteiger partial charge in [-0.25, -0.2) is 4.39 Å². The van der Waals surface area contributed by atoms with E-state index in [2.05, 4.69) is 12.1 Å². The molecule has 0 N–H and O–H groups in total. The van der Waals surface area contributed by atoms with Crippen LogP contribution in [0.3, 0.4) is 0 Å². The van der Waals surface area contributed by atoms with Crippen LogP contribution in [-0.2, 0) is 10.5 Å². The van der Waals surface area contributed by atoms with E-state index in [1.165, 1.54) is 11.6 Å². The van der Waals surface area contributed by atoms with E-state index in [4.69, 9.17) is 0 Å². The highest BCUT2D eigenvalue weighted by Crippen LogP contribution is 2.20. The van der Waals surface area contributed by atoms with Gasteiger partial charge in [0, 0.05) is 31.9 Å². The lowest BCUT2D eigenvalue weighted by molar-refractivity contribution is -0.128. The molecule has 3 rings (SSSR count). The monoisotopic (exact) mass is 344 g/mol. The van der Waals surface area contributed by atoms with Gasteiger partial charge in [-0.3, -0.25) is 4.79 Å². The molecule has 0 atom stereocenters. The van der Waals surface area contributed by atoms with Crippen molar-refractivity contribution in [2.24, 2.45) is 0 Å². The van der Waals surface area contributed by atoms with E-state index in [1.807, 2.05) is 34.1 Å². The Morgan fingerprint density at radius 1 is 0.958 bits per heavy atom. The predicted molar refractivity (Wildman–Crippen MR) is 97.8 cm³/mol. The number of carbonyl (C=O) groups excluding carboxylic acids is 1. The van der Waals surface area contributed by atoms with Crippen LogP contribution in [0.2, 0.25) is 0 Å². The van der Waals surface area contributed by atoms with Crippen LogP contribution in [0.1, 0.15) is 5.56 Å². The minimum atomic E-state index is -0.198. The number of nitrogens with zero attached hydrogens (tertiary/aromatic N) is 2. The normalized spacial score (nSPS) is 14.7. The summed E-state index contributed by atoms with van der Waals surface area (Å²) in [4.78, 5) is 16.2. The van der Waals surface area contributed by atoms with E-state index in [9.17, 15) is 9.18 Å². The molecular formula is C19H21FN2OS. The van der Waals surface area contributed by atoms with Gasteiger partial charge in [0.25, 0.3) is 0 Å². The van der Waals surface area contributed by atoms with Gasteiger partial charge in [-0.2, -0.15) is 0 Å². The van der Waals surface area contributed by atoms with Crippen molar-refractivity contribution in [2.75, 3.05) is 36.8 Å². The molecule has 126 valence electrons. The summed E-state index contributed by atoms with van der Waals surface area (Å²) in [7, 11) is 0. The number of piperazine rings is 1. The smallest absolute Gasteiger partial charge is 0.232 e. The van der Waals surface area contributed by atoms with Crippen LogP contribution >= 0.6 is 11.8 Å². The standard InChI is InChI=1S/C19H21FN2OS/c20-17-8-4-5-9-18(17)21-10-12-22(13-11-21)19(23)15-24-14-16-6-2-1-3-7-16/h1-9H,10-15H2. The van der Waals surface area contributed by atoms with Gasteiger partial charge >= 0.3 is 0 Å². The molecule has 0 aromatic heterocycles. The lowest BCUT2D eigenvalue weighted by Gasteiger charge is -2.36. The second-order valence-corrected chi connectivity index (χ2v) is 6.78. The fourth-order valence-electron chi connectivity index (χ4n) is 2.83. The molecule has 2 aromatic carbocycles. The molecular weight excluding hydrogens is 323 g/mol. The molecule has 2 aromatic rings. The number of hydrogen-bond acceptors (Lipinski definition) is 3. The first-order valence-corrected chi connectivity index (χ1v) is 9.28. The van der Waals surface area contributed by atoms with Crippen LogP contribution in [-0.4, -0.2) is 42.7 Å². The summed E-state index contributed by atoms with van der Waals surface area (Å²) >= 11 is 1.64. The van der Waals surface area contributed by atoms with E-state index < -0.39 is 0 Å². The summed E-state index contributed by atoms with van der Waals surface area (Å²) in [5, 5.41) is 0. The molecule has 1 aliphatic rings. The first kappa shape index (κ1) is 16.8. The van der Waals surface area contributed by atoms with Crippen molar-refractivity contribution in [3.8, 4) is 0 Å². The first-order valence-electron chi connectivity index (χ1n) is 8.13. The number of thioether (sulfide) groups is 1. The third-order valence-electron chi connectivity index (χ3n) is 4.16. The van der Waals surface area contributed by atoms with Gasteiger partial charge < -0.3 is 9.80 Å². The molecule has 5 heteroatoms. The first-order chi connectivity index (χ1) is 11.7. The number of carbonyl (C=O) groups is 1. The van der Waals surface area contributed by atoms with Crippen LogP contribution in [0, 0.1) is 5.82 Å². The zero-order valence-electron chi connectivity index (χ0n) is 13.5. The number of para-hydroxylation sites is 1. The van der Waals surface area contributed by atoms with Crippen LogP contribution in [0.5, 0.6) is 0 Å². The van der Waals surface area contributed by atoms with Gasteiger partial charge in [-0.1, -0.05) is 42.5 Å². The summed E-state index contributed by atoms with van der Waals surface area (Å²) in [6, 6.07) is 17.0.